The highest BCUT2D eigenvalue weighted by molar-refractivity contribution is 8.13. The van der Waals surface area contributed by atoms with Gasteiger partial charge in [0.15, 0.2) is 0 Å². The van der Waals surface area contributed by atoms with Crippen molar-refractivity contribution in [1.82, 2.24) is 14.9 Å². The second-order valence-electron chi connectivity index (χ2n) is 4.22. The molecule has 0 bridgehead atoms. The number of hydrogen-bond acceptors (Lipinski definition) is 6. The van der Waals surface area contributed by atoms with Gasteiger partial charge in [-0.25, -0.2) is 8.42 Å². The molecule has 0 atom stereocenters. The van der Waals surface area contributed by atoms with Crippen molar-refractivity contribution >= 4 is 37.2 Å². The van der Waals surface area contributed by atoms with Crippen molar-refractivity contribution in [3.8, 4) is 0 Å². The lowest BCUT2D eigenvalue weighted by Gasteiger charge is -2.04. The van der Waals surface area contributed by atoms with Crippen molar-refractivity contribution in [2.45, 2.75) is 17.7 Å². The number of aromatic nitrogens is 2. The molecular weight excluding hydrogens is 334 g/mol. The van der Waals surface area contributed by atoms with E-state index in [2.05, 4.69) is 14.9 Å². The maximum Gasteiger partial charge on any atom is 0.264 e. The van der Waals surface area contributed by atoms with E-state index in [9.17, 15) is 13.2 Å². The fourth-order valence-electron chi connectivity index (χ4n) is 1.67. The second kappa shape index (κ2) is 6.97. The van der Waals surface area contributed by atoms with Gasteiger partial charge in [-0.3, -0.25) is 4.79 Å². The predicted octanol–water partition coefficient (Wildman–Crippen LogP) is 1.83. The molecule has 0 spiro atoms. The fourth-order valence-corrected chi connectivity index (χ4v) is 2.87. The Morgan fingerprint density at radius 3 is 2.57 bits per heavy atom. The molecule has 1 aromatic carbocycles. The smallest absolute Gasteiger partial charge is 0.264 e. The summed E-state index contributed by atoms with van der Waals surface area (Å²) in [6.07, 6.45) is 2.89. The molecule has 0 unspecified atom stereocenters. The number of benzene rings is 1. The Morgan fingerprint density at radius 1 is 1.29 bits per heavy atom. The number of nitrogens with one attached hydrogen (secondary N) is 1. The zero-order valence-electron chi connectivity index (χ0n) is 10.8. The van der Waals surface area contributed by atoms with E-state index in [1.807, 2.05) is 0 Å². The summed E-state index contributed by atoms with van der Waals surface area (Å²) < 4.78 is 25.8. The molecule has 21 heavy (non-hydrogen) atoms. The highest BCUT2D eigenvalue weighted by atomic mass is 35.7. The summed E-state index contributed by atoms with van der Waals surface area (Å²) in [4.78, 5) is 12.2. The average molecular weight is 346 g/mol. The lowest BCUT2D eigenvalue weighted by Crippen LogP contribution is -2.23. The van der Waals surface area contributed by atoms with Gasteiger partial charge in [0.1, 0.15) is 4.88 Å². The molecule has 0 saturated heterocycles. The Morgan fingerprint density at radius 2 is 2.00 bits per heavy atom. The van der Waals surface area contributed by atoms with Crippen LogP contribution in [0.15, 0.2) is 35.4 Å². The monoisotopic (exact) mass is 345 g/mol. The van der Waals surface area contributed by atoms with E-state index in [0.29, 0.717) is 11.4 Å². The number of amides is 1. The zero-order valence-corrected chi connectivity index (χ0v) is 13.2. The van der Waals surface area contributed by atoms with Gasteiger partial charge < -0.3 is 5.32 Å². The van der Waals surface area contributed by atoms with Crippen molar-refractivity contribution < 1.29 is 13.2 Å². The summed E-state index contributed by atoms with van der Waals surface area (Å²) in [6.45, 7) is 0.520. The van der Waals surface area contributed by atoms with E-state index < -0.39 is 9.05 Å². The molecule has 0 radical (unpaired) electrons. The minimum Gasteiger partial charge on any atom is -0.351 e. The normalized spacial score (nSPS) is 11.3. The van der Waals surface area contributed by atoms with Crippen LogP contribution in [0, 0.1) is 0 Å². The first-order valence-corrected chi connectivity index (χ1v) is 9.14. The first-order chi connectivity index (χ1) is 9.97. The highest BCUT2D eigenvalue weighted by Gasteiger charge is 2.09. The van der Waals surface area contributed by atoms with E-state index >= 15 is 0 Å². The Balaban J connectivity index is 1.78. The van der Waals surface area contributed by atoms with Crippen LogP contribution in [0.5, 0.6) is 0 Å². The summed E-state index contributed by atoms with van der Waals surface area (Å²) in [5.41, 5.74) is 0.979. The SMILES string of the molecule is O=C(NCCCc1ccc(S(=O)(=O)Cl)cc1)c1cnns1. The van der Waals surface area contributed by atoms with Crippen molar-refractivity contribution in [2.75, 3.05) is 6.54 Å². The quantitative estimate of drug-likeness (QED) is 0.637. The van der Waals surface area contributed by atoms with Crippen LogP contribution in [-0.4, -0.2) is 30.5 Å². The molecule has 0 aliphatic heterocycles. The topological polar surface area (TPSA) is 89.0 Å². The Kier molecular flexibility index (Phi) is 5.27. The number of nitrogens with zero attached hydrogens (tertiary/aromatic N) is 2. The van der Waals surface area contributed by atoms with E-state index in [0.717, 1.165) is 29.9 Å². The van der Waals surface area contributed by atoms with Gasteiger partial charge in [0.2, 0.25) is 0 Å². The zero-order chi connectivity index (χ0) is 15.3. The molecule has 0 saturated carbocycles. The Bertz CT molecular complexity index is 700. The van der Waals surface area contributed by atoms with Gasteiger partial charge in [-0.2, -0.15) is 0 Å². The third kappa shape index (κ3) is 4.76. The summed E-state index contributed by atoms with van der Waals surface area (Å²) in [5, 5.41) is 6.36. The van der Waals surface area contributed by atoms with Gasteiger partial charge in [0.05, 0.1) is 11.1 Å². The molecule has 2 rings (SSSR count). The number of rotatable bonds is 6. The molecule has 1 amide bonds. The summed E-state index contributed by atoms with van der Waals surface area (Å²) >= 11 is 1.05. The predicted molar refractivity (Wildman–Crippen MR) is 80.0 cm³/mol. The maximum atomic E-state index is 11.6. The Labute approximate surface area is 130 Å². The summed E-state index contributed by atoms with van der Waals surface area (Å²) in [5.74, 6) is -0.186. The first kappa shape index (κ1) is 15.9. The Hall–Kier alpha value is -1.51. The molecular formula is C12H12ClN3O3S2. The van der Waals surface area contributed by atoms with Crippen molar-refractivity contribution in [3.63, 3.8) is 0 Å². The van der Waals surface area contributed by atoms with E-state index in [4.69, 9.17) is 10.7 Å². The molecule has 6 nitrogen and oxygen atoms in total. The van der Waals surface area contributed by atoms with Crippen LogP contribution in [-0.2, 0) is 15.5 Å². The molecule has 112 valence electrons. The van der Waals surface area contributed by atoms with Gasteiger partial charge in [-0.1, -0.05) is 16.6 Å². The van der Waals surface area contributed by atoms with E-state index in [-0.39, 0.29) is 10.8 Å². The standard InChI is InChI=1S/C12H12ClN3O3S2/c13-21(18,19)10-5-3-9(4-6-10)2-1-7-14-12(17)11-8-15-16-20-11/h3-6,8H,1-2,7H2,(H,14,17). The minimum absolute atomic E-state index is 0.0823. The summed E-state index contributed by atoms with van der Waals surface area (Å²) in [7, 11) is 1.56. The number of hydrogen-bond donors (Lipinski definition) is 1. The van der Waals surface area contributed by atoms with Gasteiger partial charge >= 0.3 is 0 Å². The van der Waals surface area contributed by atoms with Crippen molar-refractivity contribution in [2.24, 2.45) is 0 Å². The molecule has 1 N–H and O–H groups in total. The highest BCUT2D eigenvalue weighted by Crippen LogP contribution is 2.15. The number of halogens is 1. The minimum atomic E-state index is -3.68. The fraction of sp³-hybridized carbons (Fsp3) is 0.250. The molecule has 0 aliphatic carbocycles. The van der Waals surface area contributed by atoms with Crippen LogP contribution >= 0.6 is 22.2 Å². The number of aryl methyl sites for hydroxylation is 1. The van der Waals surface area contributed by atoms with Crippen molar-refractivity contribution in [3.05, 3.63) is 40.9 Å². The summed E-state index contributed by atoms with van der Waals surface area (Å²) in [6, 6.07) is 6.37. The van der Waals surface area contributed by atoms with Crippen LogP contribution in [0.4, 0.5) is 0 Å². The molecule has 0 fully saturated rings. The second-order valence-corrected chi connectivity index (χ2v) is 7.57. The maximum absolute atomic E-state index is 11.6. The van der Waals surface area contributed by atoms with Crippen LogP contribution < -0.4 is 5.32 Å². The van der Waals surface area contributed by atoms with E-state index in [1.165, 1.54) is 18.3 Å². The van der Waals surface area contributed by atoms with Gasteiger partial charge in [0.25, 0.3) is 15.0 Å². The van der Waals surface area contributed by atoms with Crippen LogP contribution in [0.3, 0.4) is 0 Å². The van der Waals surface area contributed by atoms with Crippen LogP contribution in [0.2, 0.25) is 0 Å². The van der Waals surface area contributed by atoms with Gasteiger partial charge in [-0.05, 0) is 42.1 Å². The first-order valence-electron chi connectivity index (χ1n) is 6.06. The molecule has 1 aromatic heterocycles. The lowest BCUT2D eigenvalue weighted by atomic mass is 10.1. The largest absolute Gasteiger partial charge is 0.351 e. The third-order valence-electron chi connectivity index (χ3n) is 2.72. The van der Waals surface area contributed by atoms with Crippen LogP contribution in [0.25, 0.3) is 0 Å². The van der Waals surface area contributed by atoms with E-state index in [1.54, 1.807) is 12.1 Å². The number of carbonyl (C=O) groups excluding carboxylic acids is 1. The average Bonchev–Trinajstić information content (AvgIpc) is 2.97. The molecule has 0 aliphatic rings. The molecule has 1 heterocycles. The number of carbonyl (C=O) groups is 1. The van der Waals surface area contributed by atoms with Gasteiger partial charge in [-0.15, -0.1) is 5.10 Å². The molecule has 2 aromatic rings. The lowest BCUT2D eigenvalue weighted by molar-refractivity contribution is 0.0957. The van der Waals surface area contributed by atoms with Crippen LogP contribution in [0.1, 0.15) is 21.7 Å². The van der Waals surface area contributed by atoms with Gasteiger partial charge in [0, 0.05) is 17.2 Å². The van der Waals surface area contributed by atoms with Crippen molar-refractivity contribution in [1.29, 1.82) is 0 Å². The molecule has 9 heteroatoms. The third-order valence-corrected chi connectivity index (χ3v) is 4.75.